The van der Waals surface area contributed by atoms with Crippen LogP contribution in [0.15, 0.2) is 42.0 Å². The lowest BCUT2D eigenvalue weighted by atomic mass is 10.1. The van der Waals surface area contributed by atoms with Gasteiger partial charge < -0.3 is 14.7 Å². The number of ether oxygens (including phenoxy) is 1. The summed E-state index contributed by atoms with van der Waals surface area (Å²) in [7, 11) is 0. The molecule has 0 aromatic heterocycles. The molecule has 0 unspecified atom stereocenters. The highest BCUT2D eigenvalue weighted by Gasteiger charge is 2.22. The number of β-amino-alcohol motifs (C(OH)–C–C–N with tert-alkyl or cyclic N) is 1. The van der Waals surface area contributed by atoms with E-state index in [4.69, 9.17) is 4.74 Å². The highest BCUT2D eigenvalue weighted by molar-refractivity contribution is 5.68. The molecule has 96 valence electrons. The Labute approximate surface area is 106 Å². The average Bonchev–Trinajstić information content (AvgIpc) is 2.40. The van der Waals surface area contributed by atoms with Crippen molar-refractivity contribution in [3.8, 4) is 0 Å². The van der Waals surface area contributed by atoms with Crippen LogP contribution in [0.5, 0.6) is 0 Å². The fourth-order valence-electron chi connectivity index (χ4n) is 1.78. The first-order chi connectivity index (χ1) is 8.66. The summed E-state index contributed by atoms with van der Waals surface area (Å²) < 4.78 is 5.20. The van der Waals surface area contributed by atoms with Gasteiger partial charge in [0.25, 0.3) is 0 Å². The molecule has 18 heavy (non-hydrogen) atoms. The Morgan fingerprint density at radius 1 is 1.44 bits per heavy atom. The molecule has 4 nitrogen and oxygen atoms in total. The fourth-order valence-corrected chi connectivity index (χ4v) is 1.78. The molecular formula is C14H17NO3. The third kappa shape index (κ3) is 3.11. The molecule has 1 N–H and O–H groups in total. The molecule has 1 amide bonds. The van der Waals surface area contributed by atoms with Gasteiger partial charge in [-0.15, -0.1) is 0 Å². The second kappa shape index (κ2) is 5.69. The maximum Gasteiger partial charge on any atom is 0.410 e. The van der Waals surface area contributed by atoms with Crippen molar-refractivity contribution in [3.63, 3.8) is 0 Å². The van der Waals surface area contributed by atoms with Crippen molar-refractivity contribution in [3.05, 3.63) is 47.5 Å². The molecule has 0 fully saturated rings. The second-order valence-electron chi connectivity index (χ2n) is 4.41. The summed E-state index contributed by atoms with van der Waals surface area (Å²) in [6, 6.07) is 9.53. The van der Waals surface area contributed by atoms with Crippen molar-refractivity contribution in [2.24, 2.45) is 0 Å². The van der Waals surface area contributed by atoms with Crippen molar-refractivity contribution in [1.29, 1.82) is 0 Å². The van der Waals surface area contributed by atoms with Crippen LogP contribution in [0.25, 0.3) is 0 Å². The molecule has 2 rings (SSSR count). The van der Waals surface area contributed by atoms with Gasteiger partial charge in [0.2, 0.25) is 0 Å². The third-order valence-electron chi connectivity index (χ3n) is 3.02. The molecule has 1 aliphatic rings. The summed E-state index contributed by atoms with van der Waals surface area (Å²) in [5, 5.41) is 9.66. The molecule has 1 heterocycles. The molecule has 1 aromatic rings. The Morgan fingerprint density at radius 2 is 2.17 bits per heavy atom. The minimum atomic E-state index is -0.581. The van der Waals surface area contributed by atoms with E-state index in [9.17, 15) is 9.90 Å². The predicted octanol–water partition coefficient (Wildman–Crippen LogP) is 1.95. The molecule has 0 spiro atoms. The van der Waals surface area contributed by atoms with Crippen LogP contribution in [0, 0.1) is 0 Å². The molecule has 0 saturated heterocycles. The molecule has 1 aromatic carbocycles. The van der Waals surface area contributed by atoms with Gasteiger partial charge in [0, 0.05) is 6.54 Å². The Morgan fingerprint density at radius 3 is 2.83 bits per heavy atom. The molecular weight excluding hydrogens is 230 g/mol. The van der Waals surface area contributed by atoms with E-state index >= 15 is 0 Å². The van der Waals surface area contributed by atoms with Gasteiger partial charge >= 0.3 is 6.09 Å². The van der Waals surface area contributed by atoms with Crippen LogP contribution in [0.3, 0.4) is 0 Å². The number of aliphatic hydroxyl groups is 1. The number of rotatable bonds is 2. The van der Waals surface area contributed by atoms with Gasteiger partial charge in [-0.1, -0.05) is 36.4 Å². The van der Waals surface area contributed by atoms with Crippen molar-refractivity contribution in [1.82, 2.24) is 4.90 Å². The maximum atomic E-state index is 11.8. The van der Waals surface area contributed by atoms with Gasteiger partial charge in [0.15, 0.2) is 0 Å². The quantitative estimate of drug-likeness (QED) is 0.813. The lowest BCUT2D eigenvalue weighted by Crippen LogP contribution is -2.41. The van der Waals surface area contributed by atoms with Crippen molar-refractivity contribution < 1.29 is 14.6 Å². The monoisotopic (exact) mass is 247 g/mol. The Bertz CT molecular complexity index is 442. The second-order valence-corrected chi connectivity index (χ2v) is 4.41. The van der Waals surface area contributed by atoms with Gasteiger partial charge in [0.1, 0.15) is 6.61 Å². The van der Waals surface area contributed by atoms with E-state index in [2.05, 4.69) is 0 Å². The van der Waals surface area contributed by atoms with E-state index in [-0.39, 0.29) is 12.7 Å². The smallest absolute Gasteiger partial charge is 0.410 e. The number of aliphatic hydroxyl groups excluding tert-OH is 1. The molecule has 4 heteroatoms. The molecule has 0 saturated carbocycles. The van der Waals surface area contributed by atoms with E-state index in [1.807, 2.05) is 43.3 Å². The summed E-state index contributed by atoms with van der Waals surface area (Å²) in [6.07, 6.45) is 0.877. The van der Waals surface area contributed by atoms with Gasteiger partial charge in [-0.2, -0.15) is 0 Å². The van der Waals surface area contributed by atoms with Crippen molar-refractivity contribution in [2.45, 2.75) is 19.6 Å². The lowest BCUT2D eigenvalue weighted by Gasteiger charge is -2.28. The number of amides is 1. The summed E-state index contributed by atoms with van der Waals surface area (Å²) in [5.74, 6) is 0. The summed E-state index contributed by atoms with van der Waals surface area (Å²) >= 11 is 0. The van der Waals surface area contributed by atoms with E-state index in [1.165, 1.54) is 4.90 Å². The van der Waals surface area contributed by atoms with Crippen LogP contribution in [-0.2, 0) is 11.3 Å². The van der Waals surface area contributed by atoms with Gasteiger partial charge in [-0.25, -0.2) is 4.79 Å². The first-order valence-electron chi connectivity index (χ1n) is 5.97. The third-order valence-corrected chi connectivity index (χ3v) is 3.02. The molecule has 0 radical (unpaired) electrons. The normalized spacial score (nSPS) is 19.3. The zero-order valence-electron chi connectivity index (χ0n) is 10.4. The SMILES string of the molecule is CC1=CCN(C(=O)OCc2ccccc2)C[C@H]1O. The van der Waals surface area contributed by atoms with E-state index in [0.717, 1.165) is 11.1 Å². The number of hydrogen-bond acceptors (Lipinski definition) is 3. The van der Waals surface area contributed by atoms with Crippen molar-refractivity contribution >= 4 is 6.09 Å². The number of benzene rings is 1. The summed E-state index contributed by atoms with van der Waals surface area (Å²) in [4.78, 5) is 13.3. The number of hydrogen-bond donors (Lipinski definition) is 1. The average molecular weight is 247 g/mol. The predicted molar refractivity (Wildman–Crippen MR) is 68.0 cm³/mol. The molecule has 1 aliphatic heterocycles. The minimum Gasteiger partial charge on any atom is -0.445 e. The van der Waals surface area contributed by atoms with Crippen LogP contribution in [0.4, 0.5) is 4.79 Å². The number of nitrogens with zero attached hydrogens (tertiary/aromatic N) is 1. The number of carbonyl (C=O) groups excluding carboxylic acids is 1. The molecule has 0 aliphatic carbocycles. The van der Waals surface area contributed by atoms with Gasteiger partial charge in [0.05, 0.1) is 12.6 Å². The van der Waals surface area contributed by atoms with Crippen LogP contribution < -0.4 is 0 Å². The standard InChI is InChI=1S/C14H17NO3/c1-11-7-8-15(9-13(11)16)14(17)18-10-12-5-3-2-4-6-12/h2-7,13,16H,8-10H2,1H3/t13-/m1/s1. The van der Waals surface area contributed by atoms with Crippen LogP contribution in [0.1, 0.15) is 12.5 Å². The van der Waals surface area contributed by atoms with E-state index in [1.54, 1.807) is 0 Å². The zero-order valence-corrected chi connectivity index (χ0v) is 10.4. The van der Waals surface area contributed by atoms with Crippen LogP contribution in [0.2, 0.25) is 0 Å². The fraction of sp³-hybridized carbons (Fsp3) is 0.357. The topological polar surface area (TPSA) is 49.8 Å². The van der Waals surface area contributed by atoms with Crippen LogP contribution >= 0.6 is 0 Å². The first-order valence-corrected chi connectivity index (χ1v) is 5.97. The summed E-state index contributed by atoms with van der Waals surface area (Å²) in [5.41, 5.74) is 1.86. The minimum absolute atomic E-state index is 0.259. The Kier molecular flexibility index (Phi) is 3.99. The van der Waals surface area contributed by atoms with E-state index < -0.39 is 6.10 Å². The van der Waals surface area contributed by atoms with Crippen molar-refractivity contribution in [2.75, 3.05) is 13.1 Å². The van der Waals surface area contributed by atoms with Gasteiger partial charge in [-0.05, 0) is 18.1 Å². The Hall–Kier alpha value is -1.81. The Balaban J connectivity index is 1.86. The largest absolute Gasteiger partial charge is 0.445 e. The lowest BCUT2D eigenvalue weighted by molar-refractivity contribution is 0.0766. The number of carbonyl (C=O) groups is 1. The molecule has 1 atom stereocenters. The zero-order chi connectivity index (χ0) is 13.0. The van der Waals surface area contributed by atoms with E-state index in [0.29, 0.717) is 13.1 Å². The highest BCUT2D eigenvalue weighted by atomic mass is 16.6. The molecule has 0 bridgehead atoms. The maximum absolute atomic E-state index is 11.8. The highest BCUT2D eigenvalue weighted by Crippen LogP contribution is 2.12. The summed E-state index contributed by atoms with van der Waals surface area (Å²) in [6.45, 7) is 2.92. The first kappa shape index (κ1) is 12.6. The van der Waals surface area contributed by atoms with Gasteiger partial charge in [-0.3, -0.25) is 0 Å². The van der Waals surface area contributed by atoms with Crippen LogP contribution in [-0.4, -0.2) is 35.3 Å².